The predicted molar refractivity (Wildman–Crippen MR) is 58.4 cm³/mol. The van der Waals surface area contributed by atoms with E-state index >= 15 is 0 Å². The SMILES string of the molecule is C=CC(=O)OOC(=O)C(N)(C=O)CCSC. The molecule has 0 bridgehead atoms. The van der Waals surface area contributed by atoms with Gasteiger partial charge in [-0.3, -0.25) is 0 Å². The molecule has 6 nitrogen and oxygen atoms in total. The van der Waals surface area contributed by atoms with Crippen LogP contribution in [0.15, 0.2) is 12.7 Å². The largest absolute Gasteiger partial charge is 0.382 e. The van der Waals surface area contributed by atoms with Crippen LogP contribution in [0.4, 0.5) is 0 Å². The molecule has 2 N–H and O–H groups in total. The molecule has 0 aliphatic rings. The van der Waals surface area contributed by atoms with Crippen LogP contribution in [0.25, 0.3) is 0 Å². The summed E-state index contributed by atoms with van der Waals surface area (Å²) in [5, 5.41) is 0. The lowest BCUT2D eigenvalue weighted by Crippen LogP contribution is -2.51. The molecule has 0 fully saturated rings. The van der Waals surface area contributed by atoms with E-state index in [1.165, 1.54) is 11.8 Å². The van der Waals surface area contributed by atoms with E-state index in [4.69, 9.17) is 5.73 Å². The van der Waals surface area contributed by atoms with Gasteiger partial charge in [0.2, 0.25) is 0 Å². The molecule has 0 aromatic heterocycles. The van der Waals surface area contributed by atoms with Crippen LogP contribution in [0.5, 0.6) is 0 Å². The second kappa shape index (κ2) is 7.02. The van der Waals surface area contributed by atoms with Crippen LogP contribution in [0.3, 0.4) is 0 Å². The van der Waals surface area contributed by atoms with Crippen LogP contribution >= 0.6 is 11.8 Å². The summed E-state index contributed by atoms with van der Waals surface area (Å²) in [6, 6.07) is 0. The molecular formula is C9H13NO5S. The van der Waals surface area contributed by atoms with Gasteiger partial charge in [-0.1, -0.05) is 6.58 Å². The zero-order valence-electron chi connectivity index (χ0n) is 8.80. The van der Waals surface area contributed by atoms with E-state index in [0.717, 1.165) is 6.08 Å². The van der Waals surface area contributed by atoms with Gasteiger partial charge in [-0.15, -0.1) is 0 Å². The van der Waals surface area contributed by atoms with Gasteiger partial charge in [0.15, 0.2) is 11.8 Å². The van der Waals surface area contributed by atoms with E-state index in [9.17, 15) is 14.4 Å². The van der Waals surface area contributed by atoms with E-state index in [1.807, 2.05) is 0 Å². The first-order valence-corrected chi connectivity index (χ1v) is 5.69. The highest BCUT2D eigenvalue weighted by Crippen LogP contribution is 2.10. The molecule has 0 spiro atoms. The van der Waals surface area contributed by atoms with Gasteiger partial charge in [0.05, 0.1) is 0 Å². The molecule has 0 rings (SSSR count). The molecule has 0 radical (unpaired) electrons. The minimum atomic E-state index is -1.79. The van der Waals surface area contributed by atoms with Crippen molar-refractivity contribution in [2.24, 2.45) is 5.73 Å². The fourth-order valence-corrected chi connectivity index (χ4v) is 1.21. The summed E-state index contributed by atoms with van der Waals surface area (Å²) in [6.07, 6.45) is 2.98. The number of hydrogen-bond donors (Lipinski definition) is 1. The number of thioether (sulfide) groups is 1. The minimum absolute atomic E-state index is 0.0993. The molecule has 0 saturated carbocycles. The van der Waals surface area contributed by atoms with Gasteiger partial charge in [0.25, 0.3) is 0 Å². The summed E-state index contributed by atoms with van der Waals surface area (Å²) in [5.74, 6) is -1.54. The highest BCUT2D eigenvalue weighted by molar-refractivity contribution is 7.98. The average Bonchev–Trinajstić information content (AvgIpc) is 2.32. The monoisotopic (exact) mass is 247 g/mol. The van der Waals surface area contributed by atoms with Crippen molar-refractivity contribution >= 4 is 30.0 Å². The Bertz CT molecular complexity index is 294. The Morgan fingerprint density at radius 1 is 1.50 bits per heavy atom. The molecule has 0 saturated heterocycles. The zero-order chi connectivity index (χ0) is 12.6. The van der Waals surface area contributed by atoms with Gasteiger partial charge in [-0.05, 0) is 18.4 Å². The summed E-state index contributed by atoms with van der Waals surface area (Å²) in [5.41, 5.74) is 3.69. The Kier molecular flexibility index (Phi) is 6.43. The van der Waals surface area contributed by atoms with Crippen LogP contribution in [0, 0.1) is 0 Å². The van der Waals surface area contributed by atoms with Crippen molar-refractivity contribution in [3.05, 3.63) is 12.7 Å². The number of aldehydes is 1. The molecule has 0 aromatic rings. The normalized spacial score (nSPS) is 13.4. The van der Waals surface area contributed by atoms with Gasteiger partial charge in [-0.2, -0.15) is 11.8 Å². The van der Waals surface area contributed by atoms with Gasteiger partial charge in [-0.25, -0.2) is 19.4 Å². The van der Waals surface area contributed by atoms with Crippen LogP contribution in [-0.2, 0) is 24.2 Å². The third-order valence-corrected chi connectivity index (χ3v) is 2.29. The first-order chi connectivity index (χ1) is 7.50. The standard InChI is InChI=1S/C9H13NO5S/c1-3-7(12)14-15-8(13)9(10,6-11)4-5-16-2/h3,6H,1,4-5,10H2,2H3. The average molecular weight is 247 g/mol. The smallest absolute Gasteiger partial charge is 0.310 e. The first-order valence-electron chi connectivity index (χ1n) is 4.29. The third-order valence-electron chi connectivity index (χ3n) is 1.68. The molecule has 1 unspecified atom stereocenters. The summed E-state index contributed by atoms with van der Waals surface area (Å²) in [6.45, 7) is 3.10. The molecule has 7 heteroatoms. The Morgan fingerprint density at radius 3 is 2.56 bits per heavy atom. The molecule has 0 aliphatic heterocycles. The first kappa shape index (κ1) is 14.7. The molecule has 0 aliphatic carbocycles. The molecule has 0 heterocycles. The second-order valence-corrected chi connectivity index (χ2v) is 3.86. The minimum Gasteiger partial charge on any atom is -0.310 e. The van der Waals surface area contributed by atoms with Crippen LogP contribution < -0.4 is 5.73 Å². The van der Waals surface area contributed by atoms with Gasteiger partial charge >= 0.3 is 11.9 Å². The maximum atomic E-state index is 11.3. The van der Waals surface area contributed by atoms with E-state index in [0.29, 0.717) is 5.75 Å². The maximum Gasteiger partial charge on any atom is 0.382 e. The van der Waals surface area contributed by atoms with E-state index in [-0.39, 0.29) is 12.7 Å². The Morgan fingerprint density at radius 2 is 2.12 bits per heavy atom. The predicted octanol–water partition coefficient (Wildman–Crippen LogP) is -0.177. The lowest BCUT2D eigenvalue weighted by molar-refractivity contribution is -0.258. The number of nitrogens with two attached hydrogens (primary N) is 1. The number of hydrogen-bond acceptors (Lipinski definition) is 7. The van der Waals surface area contributed by atoms with Crippen molar-refractivity contribution in [1.29, 1.82) is 0 Å². The molecule has 1 atom stereocenters. The van der Waals surface area contributed by atoms with Gasteiger partial charge in [0, 0.05) is 6.08 Å². The molecule has 0 aromatic carbocycles. The molecule has 16 heavy (non-hydrogen) atoms. The number of carbonyl (C=O) groups is 3. The van der Waals surface area contributed by atoms with E-state index in [2.05, 4.69) is 16.4 Å². The fraction of sp³-hybridized carbons (Fsp3) is 0.444. The van der Waals surface area contributed by atoms with Crippen LogP contribution in [0.2, 0.25) is 0 Å². The van der Waals surface area contributed by atoms with Crippen molar-refractivity contribution in [1.82, 2.24) is 0 Å². The lowest BCUT2D eigenvalue weighted by Gasteiger charge is -2.18. The molecular weight excluding hydrogens is 234 g/mol. The van der Waals surface area contributed by atoms with Crippen LogP contribution in [0.1, 0.15) is 6.42 Å². The Labute approximate surface area is 97.1 Å². The maximum absolute atomic E-state index is 11.3. The van der Waals surface area contributed by atoms with E-state index < -0.39 is 17.5 Å². The van der Waals surface area contributed by atoms with Crippen molar-refractivity contribution in [2.45, 2.75) is 12.0 Å². The molecule has 0 amide bonds. The zero-order valence-corrected chi connectivity index (χ0v) is 9.62. The summed E-state index contributed by atoms with van der Waals surface area (Å²) in [7, 11) is 0. The van der Waals surface area contributed by atoms with Crippen molar-refractivity contribution in [2.75, 3.05) is 12.0 Å². The highest BCUT2D eigenvalue weighted by atomic mass is 32.2. The molecule has 90 valence electrons. The van der Waals surface area contributed by atoms with E-state index in [1.54, 1.807) is 6.26 Å². The number of carbonyl (C=O) groups excluding carboxylic acids is 3. The summed E-state index contributed by atoms with van der Waals surface area (Å²) >= 11 is 1.42. The van der Waals surface area contributed by atoms with Crippen molar-refractivity contribution < 1.29 is 24.2 Å². The summed E-state index contributed by atoms with van der Waals surface area (Å²) in [4.78, 5) is 40.8. The van der Waals surface area contributed by atoms with Gasteiger partial charge < -0.3 is 10.5 Å². The second-order valence-electron chi connectivity index (χ2n) is 2.88. The number of rotatable bonds is 6. The third kappa shape index (κ3) is 4.45. The van der Waals surface area contributed by atoms with Crippen LogP contribution in [-0.4, -0.2) is 35.8 Å². The Balaban J connectivity index is 4.34. The highest BCUT2D eigenvalue weighted by Gasteiger charge is 2.36. The quantitative estimate of drug-likeness (QED) is 0.229. The van der Waals surface area contributed by atoms with Crippen molar-refractivity contribution in [3.8, 4) is 0 Å². The fourth-order valence-electron chi connectivity index (χ4n) is 0.671. The van der Waals surface area contributed by atoms with Crippen molar-refractivity contribution in [3.63, 3.8) is 0 Å². The summed E-state index contributed by atoms with van der Waals surface area (Å²) < 4.78 is 0. The Hall–Kier alpha value is -1.34. The van der Waals surface area contributed by atoms with Gasteiger partial charge in [0.1, 0.15) is 0 Å². The lowest BCUT2D eigenvalue weighted by atomic mass is 10.0. The topological polar surface area (TPSA) is 95.7 Å².